The molecule has 2 fully saturated rings. The smallest absolute Gasteiger partial charge is 0.410 e. The predicted molar refractivity (Wildman–Crippen MR) is 95.2 cm³/mol. The number of urea groups is 1. The number of piperazine rings is 1. The van der Waals surface area contributed by atoms with E-state index < -0.39 is 0 Å². The van der Waals surface area contributed by atoms with E-state index in [1.165, 1.54) is 0 Å². The van der Waals surface area contributed by atoms with Gasteiger partial charge in [-0.3, -0.25) is 0 Å². The van der Waals surface area contributed by atoms with E-state index in [9.17, 15) is 9.59 Å². The molecule has 0 unspecified atom stereocenters. The lowest BCUT2D eigenvalue weighted by Crippen LogP contribution is -2.55. The van der Waals surface area contributed by atoms with Gasteiger partial charge in [-0.1, -0.05) is 30.3 Å². The second-order valence-electron chi connectivity index (χ2n) is 7.03. The zero-order valence-corrected chi connectivity index (χ0v) is 15.1. The highest BCUT2D eigenvalue weighted by Crippen LogP contribution is 2.29. The van der Waals surface area contributed by atoms with Crippen LogP contribution in [0, 0.1) is 0 Å². The summed E-state index contributed by atoms with van der Waals surface area (Å²) in [6, 6.07) is 10.4. The van der Waals surface area contributed by atoms with E-state index >= 15 is 0 Å². The highest BCUT2D eigenvalue weighted by molar-refractivity contribution is 5.76. The van der Waals surface area contributed by atoms with E-state index in [0.29, 0.717) is 32.2 Å². The monoisotopic (exact) mass is 345 g/mol. The highest BCUT2D eigenvalue weighted by atomic mass is 16.6. The fourth-order valence-electron chi connectivity index (χ4n) is 3.21. The van der Waals surface area contributed by atoms with Crippen LogP contribution in [-0.4, -0.2) is 65.1 Å². The minimum absolute atomic E-state index is 0.106. The van der Waals surface area contributed by atoms with Crippen molar-refractivity contribution in [3.8, 4) is 0 Å². The summed E-state index contributed by atoms with van der Waals surface area (Å²) in [5.74, 6) is 0. The summed E-state index contributed by atoms with van der Waals surface area (Å²) in [5, 5.41) is 0. The number of carbonyl (C=O) groups is 2. The number of benzene rings is 1. The largest absolute Gasteiger partial charge is 0.445 e. The molecular formula is C19H27N3O3. The molecule has 6 heteroatoms. The molecule has 6 nitrogen and oxygen atoms in total. The lowest BCUT2D eigenvalue weighted by atomic mass is 10.2. The van der Waals surface area contributed by atoms with Crippen LogP contribution < -0.4 is 0 Å². The van der Waals surface area contributed by atoms with Crippen molar-refractivity contribution in [2.24, 2.45) is 0 Å². The van der Waals surface area contributed by atoms with Crippen LogP contribution in [-0.2, 0) is 11.3 Å². The fourth-order valence-corrected chi connectivity index (χ4v) is 3.21. The fraction of sp³-hybridized carbons (Fsp3) is 0.579. The number of amides is 3. The highest BCUT2D eigenvalue weighted by Gasteiger charge is 2.37. The van der Waals surface area contributed by atoms with E-state index in [1.807, 2.05) is 40.1 Å². The number of rotatable bonds is 4. The Morgan fingerprint density at radius 3 is 2.24 bits per heavy atom. The summed E-state index contributed by atoms with van der Waals surface area (Å²) in [5.41, 5.74) is 0.974. The second-order valence-corrected chi connectivity index (χ2v) is 7.03. The molecule has 1 saturated carbocycles. The Hall–Kier alpha value is -2.24. The van der Waals surface area contributed by atoms with Gasteiger partial charge in [0.15, 0.2) is 0 Å². The zero-order valence-electron chi connectivity index (χ0n) is 15.1. The molecule has 1 saturated heterocycles. The molecule has 0 spiro atoms. The Kier molecular flexibility index (Phi) is 5.46. The van der Waals surface area contributed by atoms with Crippen LogP contribution in [0.2, 0.25) is 0 Å². The summed E-state index contributed by atoms with van der Waals surface area (Å²) in [7, 11) is 0. The van der Waals surface area contributed by atoms with Crippen LogP contribution in [0.25, 0.3) is 0 Å². The maximum Gasteiger partial charge on any atom is 0.410 e. The third kappa shape index (κ3) is 4.44. The van der Waals surface area contributed by atoms with Gasteiger partial charge in [-0.05, 0) is 32.3 Å². The van der Waals surface area contributed by atoms with Crippen LogP contribution in [0.1, 0.15) is 32.3 Å². The van der Waals surface area contributed by atoms with Gasteiger partial charge in [0, 0.05) is 38.3 Å². The van der Waals surface area contributed by atoms with Crippen LogP contribution in [0.3, 0.4) is 0 Å². The van der Waals surface area contributed by atoms with E-state index in [0.717, 1.165) is 18.4 Å². The maximum atomic E-state index is 12.7. The topological polar surface area (TPSA) is 53.1 Å². The summed E-state index contributed by atoms with van der Waals surface area (Å²) in [6.07, 6.45) is 1.91. The number of nitrogens with zero attached hydrogens (tertiary/aromatic N) is 3. The second kappa shape index (κ2) is 7.76. The summed E-state index contributed by atoms with van der Waals surface area (Å²) in [6.45, 7) is 6.58. The van der Waals surface area contributed by atoms with Gasteiger partial charge in [0.25, 0.3) is 0 Å². The first-order valence-corrected chi connectivity index (χ1v) is 9.09. The van der Waals surface area contributed by atoms with Crippen LogP contribution in [0.5, 0.6) is 0 Å². The SMILES string of the molecule is CC(C)N(C(=O)N1CCN(C(=O)OCc2ccccc2)CC1)C1CC1. The molecule has 0 aromatic heterocycles. The molecule has 2 aliphatic rings. The molecule has 0 N–H and O–H groups in total. The van der Waals surface area contributed by atoms with Gasteiger partial charge in [-0.2, -0.15) is 0 Å². The lowest BCUT2D eigenvalue weighted by Gasteiger charge is -2.38. The maximum absolute atomic E-state index is 12.7. The van der Waals surface area contributed by atoms with Gasteiger partial charge in [0.2, 0.25) is 0 Å². The van der Waals surface area contributed by atoms with Gasteiger partial charge < -0.3 is 19.4 Å². The Morgan fingerprint density at radius 1 is 1.08 bits per heavy atom. The number of hydrogen-bond donors (Lipinski definition) is 0. The number of ether oxygens (including phenoxy) is 1. The third-order valence-electron chi connectivity index (χ3n) is 4.73. The molecule has 25 heavy (non-hydrogen) atoms. The molecule has 3 amide bonds. The molecule has 1 aromatic carbocycles. The summed E-state index contributed by atoms with van der Waals surface area (Å²) >= 11 is 0. The quantitative estimate of drug-likeness (QED) is 0.843. The predicted octanol–water partition coefficient (Wildman–Crippen LogP) is 2.93. The first-order valence-electron chi connectivity index (χ1n) is 9.09. The van der Waals surface area contributed by atoms with E-state index in [2.05, 4.69) is 13.8 Å². The summed E-state index contributed by atoms with van der Waals surface area (Å²) in [4.78, 5) is 30.5. The van der Waals surface area contributed by atoms with Gasteiger partial charge in [-0.25, -0.2) is 9.59 Å². The average Bonchev–Trinajstić information content (AvgIpc) is 3.45. The van der Waals surface area contributed by atoms with Crippen molar-refractivity contribution in [2.45, 2.75) is 45.4 Å². The first kappa shape index (κ1) is 17.6. The molecule has 0 atom stereocenters. The van der Waals surface area contributed by atoms with Crippen molar-refractivity contribution < 1.29 is 14.3 Å². The van der Waals surface area contributed by atoms with Gasteiger partial charge in [-0.15, -0.1) is 0 Å². The summed E-state index contributed by atoms with van der Waals surface area (Å²) < 4.78 is 5.37. The number of hydrogen-bond acceptors (Lipinski definition) is 3. The van der Waals surface area contributed by atoms with Crippen molar-refractivity contribution in [3.05, 3.63) is 35.9 Å². The Labute approximate surface area is 149 Å². The Morgan fingerprint density at radius 2 is 1.68 bits per heavy atom. The van der Waals surface area contributed by atoms with Crippen molar-refractivity contribution in [1.82, 2.24) is 14.7 Å². The van der Waals surface area contributed by atoms with E-state index in [4.69, 9.17) is 4.74 Å². The van der Waals surface area contributed by atoms with Gasteiger partial charge >= 0.3 is 12.1 Å². The standard InChI is InChI=1S/C19H27N3O3/c1-15(2)22(17-8-9-17)18(23)20-10-12-21(13-11-20)19(24)25-14-16-6-4-3-5-7-16/h3-7,15,17H,8-14H2,1-2H3. The Bertz CT molecular complexity index is 591. The molecule has 136 valence electrons. The number of carbonyl (C=O) groups excluding carboxylic acids is 2. The van der Waals surface area contributed by atoms with Crippen LogP contribution in [0.4, 0.5) is 9.59 Å². The van der Waals surface area contributed by atoms with Crippen molar-refractivity contribution in [1.29, 1.82) is 0 Å². The third-order valence-corrected chi connectivity index (χ3v) is 4.73. The van der Waals surface area contributed by atoms with Crippen molar-refractivity contribution in [3.63, 3.8) is 0 Å². The van der Waals surface area contributed by atoms with E-state index in [-0.39, 0.29) is 24.8 Å². The minimum atomic E-state index is -0.307. The molecular weight excluding hydrogens is 318 g/mol. The van der Waals surface area contributed by atoms with Gasteiger partial charge in [0.1, 0.15) is 6.61 Å². The Balaban J connectivity index is 1.46. The zero-order chi connectivity index (χ0) is 17.8. The van der Waals surface area contributed by atoms with Crippen molar-refractivity contribution >= 4 is 12.1 Å². The lowest BCUT2D eigenvalue weighted by molar-refractivity contribution is 0.0687. The normalized spacial score (nSPS) is 17.6. The van der Waals surface area contributed by atoms with E-state index in [1.54, 1.807) is 4.90 Å². The van der Waals surface area contributed by atoms with Crippen molar-refractivity contribution in [2.75, 3.05) is 26.2 Å². The van der Waals surface area contributed by atoms with Gasteiger partial charge in [0.05, 0.1) is 0 Å². The molecule has 0 radical (unpaired) electrons. The molecule has 0 bridgehead atoms. The van der Waals surface area contributed by atoms with Crippen LogP contribution in [0.15, 0.2) is 30.3 Å². The van der Waals surface area contributed by atoms with Crippen LogP contribution >= 0.6 is 0 Å². The molecule has 3 rings (SSSR count). The minimum Gasteiger partial charge on any atom is -0.445 e. The average molecular weight is 345 g/mol. The molecule has 1 heterocycles. The molecule has 1 aromatic rings. The first-order chi connectivity index (χ1) is 12.1. The molecule has 1 aliphatic carbocycles. The molecule has 1 aliphatic heterocycles.